The third kappa shape index (κ3) is 2.99. The van der Waals surface area contributed by atoms with E-state index in [0.29, 0.717) is 17.8 Å². The molecule has 0 spiro atoms. The van der Waals surface area contributed by atoms with Crippen LogP contribution in [0.3, 0.4) is 0 Å². The maximum absolute atomic E-state index is 12.8. The molecule has 3 saturated carbocycles. The average Bonchev–Trinajstić information content (AvgIpc) is 2.97. The number of carbonyl (C=O) groups is 2. The van der Waals surface area contributed by atoms with Gasteiger partial charge in [0.2, 0.25) is 0 Å². The number of fused-ring (bicyclic) bond motifs is 5. The number of Topliss-reactive ketones (excluding diaryl/α,β-unsaturated/α-hetero) is 1. The number of ketones is 1. The first-order chi connectivity index (χ1) is 12.8. The van der Waals surface area contributed by atoms with Gasteiger partial charge >= 0.3 is 5.97 Å². The molecule has 7 atom stereocenters. The molecule has 0 aliphatic heterocycles. The normalized spacial score (nSPS) is 45.9. The molecule has 0 aromatic heterocycles. The van der Waals surface area contributed by atoms with Gasteiger partial charge in [0, 0.05) is 12.8 Å². The van der Waals surface area contributed by atoms with Crippen molar-refractivity contribution in [1.29, 1.82) is 0 Å². The molecule has 4 rings (SSSR count). The zero-order valence-corrected chi connectivity index (χ0v) is 17.0. The standard InChI is InChI=1S/C23H34O4/c1-14(24)27-13-21(26)20-7-6-18-17-5-4-15-12-16(25)8-10-22(15,2)19(17)9-11-23(18,20)3/h4,16-20,25H,5-13H2,1-3H3/t16-,17?,18?,19?,20+,22+,23+/m0/s1. The Kier molecular flexibility index (Phi) is 4.77. The molecule has 0 saturated heterocycles. The van der Waals surface area contributed by atoms with Gasteiger partial charge in [-0.3, -0.25) is 9.59 Å². The predicted octanol–water partition coefficient (Wildman–Crippen LogP) is 4.06. The molecule has 27 heavy (non-hydrogen) atoms. The number of esters is 1. The molecule has 0 radical (unpaired) electrons. The molecule has 150 valence electrons. The van der Waals surface area contributed by atoms with Gasteiger partial charge in [-0.1, -0.05) is 25.5 Å². The van der Waals surface area contributed by atoms with E-state index in [4.69, 9.17) is 4.74 Å². The van der Waals surface area contributed by atoms with Crippen LogP contribution in [0.25, 0.3) is 0 Å². The molecular weight excluding hydrogens is 340 g/mol. The van der Waals surface area contributed by atoms with Crippen LogP contribution in [-0.2, 0) is 14.3 Å². The Morgan fingerprint density at radius 1 is 1.15 bits per heavy atom. The lowest BCUT2D eigenvalue weighted by atomic mass is 9.47. The van der Waals surface area contributed by atoms with Crippen LogP contribution in [0, 0.1) is 34.5 Å². The molecule has 0 heterocycles. The average molecular weight is 375 g/mol. The summed E-state index contributed by atoms with van der Waals surface area (Å²) >= 11 is 0. The Balaban J connectivity index is 1.55. The smallest absolute Gasteiger partial charge is 0.303 e. The summed E-state index contributed by atoms with van der Waals surface area (Å²) in [5.41, 5.74) is 1.78. The molecule has 4 heteroatoms. The highest BCUT2D eigenvalue weighted by molar-refractivity contribution is 5.85. The summed E-state index contributed by atoms with van der Waals surface area (Å²) in [6, 6.07) is 0. The van der Waals surface area contributed by atoms with Crippen molar-refractivity contribution in [2.24, 2.45) is 34.5 Å². The van der Waals surface area contributed by atoms with Gasteiger partial charge in [0.1, 0.15) is 6.61 Å². The SMILES string of the molecule is CC(=O)OCC(=O)[C@H]1CCC2C3CC=C4C[C@@H](O)CC[C@@]4(C)C3CC[C@]21C. The molecule has 4 nitrogen and oxygen atoms in total. The van der Waals surface area contributed by atoms with Crippen molar-refractivity contribution in [3.63, 3.8) is 0 Å². The molecule has 0 aromatic rings. The lowest BCUT2D eigenvalue weighted by Gasteiger charge is -2.57. The van der Waals surface area contributed by atoms with Crippen LogP contribution in [0.4, 0.5) is 0 Å². The fraction of sp³-hybridized carbons (Fsp3) is 0.826. The van der Waals surface area contributed by atoms with Crippen LogP contribution in [0.2, 0.25) is 0 Å². The van der Waals surface area contributed by atoms with E-state index in [1.165, 1.54) is 18.9 Å². The summed E-state index contributed by atoms with van der Waals surface area (Å²) < 4.78 is 5.02. The van der Waals surface area contributed by atoms with E-state index in [0.717, 1.165) is 44.9 Å². The van der Waals surface area contributed by atoms with Gasteiger partial charge in [-0.2, -0.15) is 0 Å². The van der Waals surface area contributed by atoms with Gasteiger partial charge in [0.05, 0.1) is 6.10 Å². The number of hydrogen-bond donors (Lipinski definition) is 1. The summed E-state index contributed by atoms with van der Waals surface area (Å²) in [6.45, 7) is 6.06. The number of hydrogen-bond acceptors (Lipinski definition) is 4. The van der Waals surface area contributed by atoms with Crippen LogP contribution in [0.15, 0.2) is 11.6 Å². The third-order valence-corrected chi connectivity index (χ3v) is 8.88. The van der Waals surface area contributed by atoms with Gasteiger partial charge < -0.3 is 9.84 Å². The molecule has 0 aromatic carbocycles. The van der Waals surface area contributed by atoms with E-state index in [9.17, 15) is 14.7 Å². The Labute approximate surface area is 162 Å². The van der Waals surface area contributed by atoms with Crippen molar-refractivity contribution in [3.05, 3.63) is 11.6 Å². The zero-order chi connectivity index (χ0) is 19.4. The highest BCUT2D eigenvalue weighted by Gasteiger charge is 2.59. The fourth-order valence-electron chi connectivity index (χ4n) is 7.44. The quantitative estimate of drug-likeness (QED) is 0.598. The molecule has 4 aliphatic carbocycles. The van der Waals surface area contributed by atoms with Gasteiger partial charge in [-0.15, -0.1) is 0 Å². The van der Waals surface area contributed by atoms with Crippen molar-refractivity contribution < 1.29 is 19.4 Å². The summed E-state index contributed by atoms with van der Waals surface area (Å²) in [6.07, 6.45) is 10.6. The number of aliphatic hydroxyl groups is 1. The Morgan fingerprint density at radius 2 is 1.93 bits per heavy atom. The van der Waals surface area contributed by atoms with Crippen LogP contribution >= 0.6 is 0 Å². The molecule has 3 fully saturated rings. The maximum atomic E-state index is 12.8. The first-order valence-electron chi connectivity index (χ1n) is 10.8. The Hall–Kier alpha value is -1.16. The molecule has 3 unspecified atom stereocenters. The summed E-state index contributed by atoms with van der Waals surface area (Å²) in [5, 5.41) is 10.1. The second-order valence-corrected chi connectivity index (χ2v) is 10.1. The number of aliphatic hydroxyl groups excluding tert-OH is 1. The second kappa shape index (κ2) is 6.72. The van der Waals surface area contributed by atoms with Gasteiger partial charge in [-0.05, 0) is 80.0 Å². The van der Waals surface area contributed by atoms with Gasteiger partial charge in [0.15, 0.2) is 5.78 Å². The van der Waals surface area contributed by atoms with Crippen LogP contribution in [0.5, 0.6) is 0 Å². The van der Waals surface area contributed by atoms with E-state index in [2.05, 4.69) is 19.9 Å². The van der Waals surface area contributed by atoms with Crippen molar-refractivity contribution in [2.75, 3.05) is 6.61 Å². The van der Waals surface area contributed by atoms with E-state index < -0.39 is 0 Å². The minimum atomic E-state index is -0.371. The number of rotatable bonds is 3. The van der Waals surface area contributed by atoms with Crippen molar-refractivity contribution in [2.45, 2.75) is 78.2 Å². The lowest BCUT2D eigenvalue weighted by molar-refractivity contribution is -0.149. The molecule has 1 N–H and O–H groups in total. The number of ether oxygens (including phenoxy) is 1. The van der Waals surface area contributed by atoms with Crippen LogP contribution < -0.4 is 0 Å². The van der Waals surface area contributed by atoms with Crippen LogP contribution in [0.1, 0.15) is 72.1 Å². The number of carbonyl (C=O) groups excluding carboxylic acids is 2. The summed E-state index contributed by atoms with van der Waals surface area (Å²) in [4.78, 5) is 23.9. The predicted molar refractivity (Wildman–Crippen MR) is 103 cm³/mol. The minimum Gasteiger partial charge on any atom is -0.458 e. The zero-order valence-electron chi connectivity index (χ0n) is 17.0. The van der Waals surface area contributed by atoms with Gasteiger partial charge in [0.25, 0.3) is 0 Å². The van der Waals surface area contributed by atoms with Gasteiger partial charge in [-0.25, -0.2) is 0 Å². The Bertz CT molecular complexity index is 667. The van der Waals surface area contributed by atoms with Crippen molar-refractivity contribution >= 4 is 11.8 Å². The highest BCUT2D eigenvalue weighted by atomic mass is 16.5. The summed E-state index contributed by atoms with van der Waals surface area (Å²) in [7, 11) is 0. The minimum absolute atomic E-state index is 0.0363. The van der Waals surface area contributed by atoms with E-state index in [-0.39, 0.29) is 41.2 Å². The highest BCUT2D eigenvalue weighted by Crippen LogP contribution is 2.66. The fourth-order valence-corrected chi connectivity index (χ4v) is 7.44. The lowest BCUT2D eigenvalue weighted by Crippen LogP contribution is -2.51. The van der Waals surface area contributed by atoms with Crippen LogP contribution in [-0.4, -0.2) is 29.6 Å². The topological polar surface area (TPSA) is 63.6 Å². The molecule has 0 amide bonds. The molecular formula is C23H34O4. The molecule has 0 bridgehead atoms. The number of allylic oxidation sites excluding steroid dienone is 1. The monoisotopic (exact) mass is 374 g/mol. The molecule has 4 aliphatic rings. The third-order valence-electron chi connectivity index (χ3n) is 8.88. The van der Waals surface area contributed by atoms with E-state index in [1.54, 1.807) is 0 Å². The van der Waals surface area contributed by atoms with E-state index in [1.807, 2.05) is 0 Å². The largest absolute Gasteiger partial charge is 0.458 e. The van der Waals surface area contributed by atoms with Crippen molar-refractivity contribution in [1.82, 2.24) is 0 Å². The van der Waals surface area contributed by atoms with Crippen molar-refractivity contribution in [3.8, 4) is 0 Å². The second-order valence-electron chi connectivity index (χ2n) is 10.1. The summed E-state index contributed by atoms with van der Waals surface area (Å²) in [5.74, 6) is 1.71. The first kappa shape index (κ1) is 19.2. The Morgan fingerprint density at radius 3 is 2.67 bits per heavy atom. The maximum Gasteiger partial charge on any atom is 0.303 e. The van der Waals surface area contributed by atoms with E-state index >= 15 is 0 Å². The first-order valence-corrected chi connectivity index (χ1v) is 10.8.